The Labute approximate surface area is 85.3 Å². The fraction of sp³-hybridized carbons (Fsp3) is 0.700. The van der Waals surface area contributed by atoms with Gasteiger partial charge in [0.15, 0.2) is 0 Å². The molecule has 0 aliphatic rings. The maximum absolute atomic E-state index is 5.50. The number of nitrogens with two attached hydrogens (primary N) is 1. The Morgan fingerprint density at radius 2 is 2.43 bits per heavy atom. The number of rotatable bonds is 6. The van der Waals surface area contributed by atoms with Crippen LogP contribution in [0.2, 0.25) is 0 Å². The Bertz CT molecular complexity index is 256. The highest BCUT2D eigenvalue weighted by Gasteiger charge is 2.01. The summed E-state index contributed by atoms with van der Waals surface area (Å²) in [5.41, 5.74) is 7.78. The van der Waals surface area contributed by atoms with Gasteiger partial charge < -0.3 is 11.1 Å². The molecule has 14 heavy (non-hydrogen) atoms. The Balaban J connectivity index is 2.35. The van der Waals surface area contributed by atoms with Crippen molar-refractivity contribution in [3.05, 3.63) is 17.5 Å². The van der Waals surface area contributed by atoms with E-state index in [1.165, 1.54) is 0 Å². The average Bonchev–Trinajstić information content (AvgIpc) is 2.63. The molecule has 0 fully saturated rings. The van der Waals surface area contributed by atoms with Gasteiger partial charge in [0.1, 0.15) is 0 Å². The highest BCUT2D eigenvalue weighted by atomic mass is 15.1. The third kappa shape index (κ3) is 3.47. The average molecular weight is 196 g/mol. The van der Waals surface area contributed by atoms with Crippen LogP contribution in [0.3, 0.4) is 0 Å². The summed E-state index contributed by atoms with van der Waals surface area (Å²) in [6.07, 6.45) is 2.18. The number of aryl methyl sites for hydroxylation is 1. The van der Waals surface area contributed by atoms with Crippen molar-refractivity contribution < 1.29 is 0 Å². The van der Waals surface area contributed by atoms with Crippen LogP contribution in [0.4, 0.5) is 0 Å². The van der Waals surface area contributed by atoms with E-state index in [2.05, 4.69) is 35.4 Å². The van der Waals surface area contributed by atoms with E-state index in [1.807, 2.05) is 0 Å². The third-order valence-electron chi connectivity index (χ3n) is 2.18. The van der Waals surface area contributed by atoms with Crippen LogP contribution in [0.5, 0.6) is 0 Å². The molecule has 1 rings (SSSR count). The number of aromatic amines is 1. The molecule has 0 aliphatic carbocycles. The molecule has 80 valence electrons. The molecule has 0 spiro atoms. The number of aromatic nitrogens is 2. The molecule has 4 heteroatoms. The number of H-pyrrole nitrogens is 1. The molecule has 0 saturated carbocycles. The number of nitrogens with zero attached hydrogens (tertiary/aromatic N) is 1. The van der Waals surface area contributed by atoms with Gasteiger partial charge in [-0.15, -0.1) is 0 Å². The van der Waals surface area contributed by atoms with Gasteiger partial charge in [0.25, 0.3) is 0 Å². The summed E-state index contributed by atoms with van der Waals surface area (Å²) in [6.45, 7) is 5.71. The Hall–Kier alpha value is -0.870. The van der Waals surface area contributed by atoms with Crippen molar-refractivity contribution >= 4 is 0 Å². The van der Waals surface area contributed by atoms with Crippen LogP contribution in [0.1, 0.15) is 31.7 Å². The fourth-order valence-electron chi connectivity index (χ4n) is 1.25. The summed E-state index contributed by atoms with van der Waals surface area (Å²) < 4.78 is 0. The third-order valence-corrected chi connectivity index (χ3v) is 2.18. The first-order valence-electron chi connectivity index (χ1n) is 5.22. The fourth-order valence-corrected chi connectivity index (χ4v) is 1.25. The predicted molar refractivity (Wildman–Crippen MR) is 57.9 cm³/mol. The van der Waals surface area contributed by atoms with Crippen molar-refractivity contribution in [2.24, 2.45) is 5.73 Å². The number of nitrogens with one attached hydrogen (secondary N) is 2. The molecule has 0 radical (unpaired) electrons. The molecular weight excluding hydrogens is 176 g/mol. The van der Waals surface area contributed by atoms with Gasteiger partial charge in [0, 0.05) is 24.8 Å². The van der Waals surface area contributed by atoms with Crippen molar-refractivity contribution in [1.82, 2.24) is 15.5 Å². The second-order valence-corrected chi connectivity index (χ2v) is 3.65. The van der Waals surface area contributed by atoms with Crippen molar-refractivity contribution in [2.75, 3.05) is 6.54 Å². The first-order valence-corrected chi connectivity index (χ1v) is 5.22. The Morgan fingerprint density at radius 1 is 1.64 bits per heavy atom. The largest absolute Gasteiger partial charge is 0.329 e. The summed E-state index contributed by atoms with van der Waals surface area (Å²) in [5.74, 6) is 0. The zero-order valence-corrected chi connectivity index (χ0v) is 9.01. The van der Waals surface area contributed by atoms with Gasteiger partial charge in [0.2, 0.25) is 0 Å². The van der Waals surface area contributed by atoms with Gasteiger partial charge in [-0.2, -0.15) is 5.10 Å². The number of hydrogen-bond donors (Lipinski definition) is 3. The summed E-state index contributed by atoms with van der Waals surface area (Å²) in [5, 5.41) is 10.5. The van der Waals surface area contributed by atoms with E-state index in [-0.39, 0.29) is 0 Å². The summed E-state index contributed by atoms with van der Waals surface area (Å²) in [6, 6.07) is 2.47. The summed E-state index contributed by atoms with van der Waals surface area (Å²) >= 11 is 0. The van der Waals surface area contributed by atoms with Gasteiger partial charge >= 0.3 is 0 Å². The molecule has 0 bridgehead atoms. The molecule has 1 heterocycles. The molecule has 4 nitrogen and oxygen atoms in total. The Morgan fingerprint density at radius 3 is 3.07 bits per heavy atom. The van der Waals surface area contributed by atoms with Crippen LogP contribution < -0.4 is 11.1 Å². The van der Waals surface area contributed by atoms with Crippen LogP contribution >= 0.6 is 0 Å². The Kier molecular flexibility index (Phi) is 4.62. The van der Waals surface area contributed by atoms with Crippen molar-refractivity contribution in [3.8, 4) is 0 Å². The zero-order chi connectivity index (χ0) is 10.4. The van der Waals surface area contributed by atoms with Crippen LogP contribution in [-0.2, 0) is 13.0 Å². The zero-order valence-electron chi connectivity index (χ0n) is 9.01. The smallest absolute Gasteiger partial charge is 0.0625 e. The lowest BCUT2D eigenvalue weighted by molar-refractivity contribution is 0.550. The van der Waals surface area contributed by atoms with E-state index in [9.17, 15) is 0 Å². The maximum atomic E-state index is 5.50. The van der Waals surface area contributed by atoms with E-state index in [0.717, 1.165) is 30.8 Å². The lowest BCUT2D eigenvalue weighted by Gasteiger charge is -2.08. The van der Waals surface area contributed by atoms with Crippen molar-refractivity contribution in [3.63, 3.8) is 0 Å². The molecule has 1 aromatic heterocycles. The van der Waals surface area contributed by atoms with Gasteiger partial charge in [-0.1, -0.05) is 13.3 Å². The molecule has 0 saturated heterocycles. The van der Waals surface area contributed by atoms with E-state index in [4.69, 9.17) is 5.73 Å². The molecule has 0 unspecified atom stereocenters. The molecule has 1 atom stereocenters. The minimum absolute atomic E-state index is 0.355. The maximum Gasteiger partial charge on any atom is 0.0625 e. The van der Waals surface area contributed by atoms with E-state index in [0.29, 0.717) is 12.6 Å². The lowest BCUT2D eigenvalue weighted by Crippen LogP contribution is -2.32. The molecule has 0 aliphatic heterocycles. The van der Waals surface area contributed by atoms with E-state index in [1.54, 1.807) is 0 Å². The molecule has 0 amide bonds. The van der Waals surface area contributed by atoms with Gasteiger partial charge in [-0.25, -0.2) is 0 Å². The van der Waals surface area contributed by atoms with Crippen molar-refractivity contribution in [2.45, 2.75) is 39.3 Å². The summed E-state index contributed by atoms with van der Waals surface area (Å²) in [7, 11) is 0. The molecule has 1 aromatic rings. The van der Waals surface area contributed by atoms with Gasteiger partial charge in [0.05, 0.1) is 5.69 Å². The quantitative estimate of drug-likeness (QED) is 0.630. The van der Waals surface area contributed by atoms with Gasteiger partial charge in [-0.3, -0.25) is 5.10 Å². The monoisotopic (exact) mass is 196 g/mol. The predicted octanol–water partition coefficient (Wildman–Crippen LogP) is 0.799. The SMILES string of the molecule is CCCc1cc(CN[C@@H](C)CN)[nH]n1. The van der Waals surface area contributed by atoms with Crippen LogP contribution in [0, 0.1) is 0 Å². The first kappa shape index (κ1) is 11.2. The highest BCUT2D eigenvalue weighted by molar-refractivity contribution is 5.08. The second-order valence-electron chi connectivity index (χ2n) is 3.65. The van der Waals surface area contributed by atoms with E-state index < -0.39 is 0 Å². The summed E-state index contributed by atoms with van der Waals surface area (Å²) in [4.78, 5) is 0. The number of hydrogen-bond acceptors (Lipinski definition) is 3. The molecular formula is C10H20N4. The normalized spacial score (nSPS) is 13.1. The highest BCUT2D eigenvalue weighted by Crippen LogP contribution is 2.02. The lowest BCUT2D eigenvalue weighted by atomic mass is 10.2. The molecule has 0 aromatic carbocycles. The van der Waals surface area contributed by atoms with E-state index >= 15 is 0 Å². The van der Waals surface area contributed by atoms with Crippen LogP contribution in [-0.4, -0.2) is 22.8 Å². The minimum Gasteiger partial charge on any atom is -0.329 e. The van der Waals surface area contributed by atoms with Crippen LogP contribution in [0.15, 0.2) is 6.07 Å². The van der Waals surface area contributed by atoms with Crippen LogP contribution in [0.25, 0.3) is 0 Å². The van der Waals surface area contributed by atoms with Crippen molar-refractivity contribution in [1.29, 1.82) is 0 Å². The molecule has 4 N–H and O–H groups in total. The first-order chi connectivity index (χ1) is 6.76. The standard InChI is InChI=1S/C10H20N4/c1-3-4-9-5-10(14-13-9)7-12-8(2)6-11/h5,8,12H,3-4,6-7,11H2,1-2H3,(H,13,14)/t8-/m0/s1. The second kappa shape index (κ2) is 5.78. The minimum atomic E-state index is 0.355. The van der Waals surface area contributed by atoms with Gasteiger partial charge in [-0.05, 0) is 19.4 Å². The topological polar surface area (TPSA) is 66.7 Å².